The summed E-state index contributed by atoms with van der Waals surface area (Å²) in [6.07, 6.45) is 3.93. The van der Waals surface area contributed by atoms with Crippen molar-refractivity contribution in [1.29, 1.82) is 0 Å². The van der Waals surface area contributed by atoms with E-state index >= 15 is 0 Å². The Kier molecular flexibility index (Phi) is 3.68. The van der Waals surface area contributed by atoms with E-state index < -0.39 is 0 Å². The predicted octanol–water partition coefficient (Wildman–Crippen LogP) is 2.55. The van der Waals surface area contributed by atoms with Gasteiger partial charge in [-0.3, -0.25) is 0 Å². The van der Waals surface area contributed by atoms with Crippen LogP contribution in [-0.4, -0.2) is 29.2 Å². The molecule has 1 heterocycles. The molecule has 1 aliphatic rings. The van der Waals surface area contributed by atoms with E-state index in [0.29, 0.717) is 23.4 Å². The fourth-order valence-electron chi connectivity index (χ4n) is 1.78. The normalized spacial score (nSPS) is 13.6. The lowest BCUT2D eigenvalue weighted by atomic mass is 10.2. The van der Waals surface area contributed by atoms with Crippen molar-refractivity contribution in [3.63, 3.8) is 0 Å². The Bertz CT molecular complexity index is 639. The van der Waals surface area contributed by atoms with Crippen LogP contribution in [0.4, 0.5) is 11.5 Å². The minimum atomic E-state index is -0.358. The Balaban J connectivity index is 1.69. The Morgan fingerprint density at radius 2 is 2.00 bits per heavy atom. The molecule has 1 aromatic carbocycles. The molecule has 0 spiro atoms. The fourth-order valence-corrected chi connectivity index (χ4v) is 1.78. The predicted molar refractivity (Wildman–Crippen MR) is 76.7 cm³/mol. The number of aromatic nitrogens is 2. The van der Waals surface area contributed by atoms with E-state index in [1.807, 2.05) is 0 Å². The molecular weight excluding hydrogens is 270 g/mol. The molecule has 3 rings (SSSR count). The lowest BCUT2D eigenvalue weighted by Crippen LogP contribution is -2.02. The first-order chi connectivity index (χ1) is 10.2. The van der Waals surface area contributed by atoms with E-state index in [1.165, 1.54) is 13.4 Å². The van der Waals surface area contributed by atoms with Gasteiger partial charge in [-0.05, 0) is 37.1 Å². The average molecular weight is 285 g/mol. The molecule has 2 aromatic rings. The molecule has 1 N–H and O–H groups in total. The summed E-state index contributed by atoms with van der Waals surface area (Å²) in [6, 6.07) is 8.71. The summed E-state index contributed by atoms with van der Waals surface area (Å²) >= 11 is 0. The summed E-state index contributed by atoms with van der Waals surface area (Å²) in [7, 11) is 1.36. The largest absolute Gasteiger partial charge is 0.474 e. The van der Waals surface area contributed by atoms with E-state index in [-0.39, 0.29) is 5.97 Å². The summed E-state index contributed by atoms with van der Waals surface area (Å²) in [5.74, 6) is 0.858. The highest BCUT2D eigenvalue weighted by Gasteiger charge is 2.24. The van der Waals surface area contributed by atoms with E-state index in [0.717, 1.165) is 18.5 Å². The van der Waals surface area contributed by atoms with Gasteiger partial charge in [0.15, 0.2) is 0 Å². The first-order valence-electron chi connectivity index (χ1n) is 6.69. The van der Waals surface area contributed by atoms with Gasteiger partial charge in [0.2, 0.25) is 5.88 Å². The monoisotopic (exact) mass is 285 g/mol. The summed E-state index contributed by atoms with van der Waals surface area (Å²) in [4.78, 5) is 19.6. The van der Waals surface area contributed by atoms with E-state index in [2.05, 4.69) is 20.0 Å². The van der Waals surface area contributed by atoms with Crippen LogP contribution in [-0.2, 0) is 4.74 Å². The summed E-state index contributed by atoms with van der Waals surface area (Å²) in [5, 5.41) is 3.14. The summed E-state index contributed by atoms with van der Waals surface area (Å²) < 4.78 is 10.3. The Morgan fingerprint density at radius 1 is 1.24 bits per heavy atom. The average Bonchev–Trinajstić information content (AvgIpc) is 3.31. The van der Waals surface area contributed by atoms with Crippen LogP contribution >= 0.6 is 0 Å². The number of hydrogen-bond donors (Lipinski definition) is 1. The van der Waals surface area contributed by atoms with Crippen molar-refractivity contribution in [2.24, 2.45) is 0 Å². The van der Waals surface area contributed by atoms with Gasteiger partial charge in [0.1, 0.15) is 18.2 Å². The van der Waals surface area contributed by atoms with Gasteiger partial charge < -0.3 is 14.8 Å². The highest BCUT2D eigenvalue weighted by molar-refractivity contribution is 5.89. The van der Waals surface area contributed by atoms with E-state index in [9.17, 15) is 4.79 Å². The third-order valence-corrected chi connectivity index (χ3v) is 3.03. The van der Waals surface area contributed by atoms with Gasteiger partial charge in [-0.1, -0.05) is 0 Å². The molecule has 1 saturated carbocycles. The number of anilines is 2. The fraction of sp³-hybridized carbons (Fsp3) is 0.267. The van der Waals surface area contributed by atoms with Crippen LogP contribution in [0, 0.1) is 0 Å². The minimum absolute atomic E-state index is 0.298. The maximum Gasteiger partial charge on any atom is 0.337 e. The molecule has 0 bridgehead atoms. The standard InChI is InChI=1S/C15H15N3O3/c1-20-15(19)10-2-4-11(5-3-10)18-13-8-14(17-9-16-13)21-12-6-7-12/h2-5,8-9,12H,6-7H2,1H3,(H,16,17,18). The van der Waals surface area contributed by atoms with Gasteiger partial charge >= 0.3 is 5.97 Å². The molecule has 0 unspecified atom stereocenters. The molecular formula is C15H15N3O3. The second kappa shape index (κ2) is 5.78. The van der Waals surface area contributed by atoms with Crippen LogP contribution in [0.15, 0.2) is 36.7 Å². The van der Waals surface area contributed by atoms with Gasteiger partial charge in [-0.25, -0.2) is 14.8 Å². The first-order valence-corrected chi connectivity index (χ1v) is 6.69. The van der Waals surface area contributed by atoms with Gasteiger partial charge in [-0.2, -0.15) is 0 Å². The number of rotatable bonds is 5. The first kappa shape index (κ1) is 13.4. The zero-order valence-electron chi connectivity index (χ0n) is 11.6. The van der Waals surface area contributed by atoms with Crippen LogP contribution in [0.2, 0.25) is 0 Å². The second-order valence-electron chi connectivity index (χ2n) is 4.75. The molecule has 1 aromatic heterocycles. The van der Waals surface area contributed by atoms with E-state index in [1.54, 1.807) is 30.3 Å². The Hall–Kier alpha value is -2.63. The number of methoxy groups -OCH3 is 1. The molecule has 0 radical (unpaired) electrons. The minimum Gasteiger partial charge on any atom is -0.474 e. The lowest BCUT2D eigenvalue weighted by molar-refractivity contribution is 0.0601. The van der Waals surface area contributed by atoms with Crippen molar-refractivity contribution in [2.75, 3.05) is 12.4 Å². The Labute approximate surface area is 122 Å². The molecule has 0 saturated heterocycles. The number of carbonyl (C=O) groups excluding carboxylic acids is 1. The molecule has 21 heavy (non-hydrogen) atoms. The lowest BCUT2D eigenvalue weighted by Gasteiger charge is -2.08. The van der Waals surface area contributed by atoms with Crippen molar-refractivity contribution < 1.29 is 14.3 Å². The molecule has 6 nitrogen and oxygen atoms in total. The van der Waals surface area contributed by atoms with Gasteiger partial charge in [0.05, 0.1) is 12.7 Å². The smallest absolute Gasteiger partial charge is 0.337 e. The van der Waals surface area contributed by atoms with Gasteiger partial charge in [-0.15, -0.1) is 0 Å². The number of benzene rings is 1. The van der Waals surface area contributed by atoms with Crippen LogP contribution in [0.1, 0.15) is 23.2 Å². The molecule has 6 heteroatoms. The van der Waals surface area contributed by atoms with Crippen molar-refractivity contribution in [3.8, 4) is 5.88 Å². The van der Waals surface area contributed by atoms with Crippen LogP contribution < -0.4 is 10.1 Å². The van der Waals surface area contributed by atoms with Crippen molar-refractivity contribution in [1.82, 2.24) is 9.97 Å². The highest BCUT2D eigenvalue weighted by atomic mass is 16.5. The number of ether oxygens (including phenoxy) is 2. The molecule has 108 valence electrons. The van der Waals surface area contributed by atoms with Crippen LogP contribution in [0.3, 0.4) is 0 Å². The Morgan fingerprint density at radius 3 is 2.67 bits per heavy atom. The number of esters is 1. The number of nitrogens with one attached hydrogen (secondary N) is 1. The van der Waals surface area contributed by atoms with Crippen LogP contribution in [0.5, 0.6) is 5.88 Å². The third kappa shape index (κ3) is 3.47. The number of nitrogens with zero attached hydrogens (tertiary/aromatic N) is 2. The summed E-state index contributed by atoms with van der Waals surface area (Å²) in [6.45, 7) is 0. The SMILES string of the molecule is COC(=O)c1ccc(Nc2cc(OC3CC3)ncn2)cc1. The van der Waals surface area contributed by atoms with Crippen LogP contribution in [0.25, 0.3) is 0 Å². The van der Waals surface area contributed by atoms with Gasteiger partial charge in [0, 0.05) is 11.8 Å². The zero-order valence-corrected chi connectivity index (χ0v) is 11.6. The van der Waals surface area contributed by atoms with E-state index in [4.69, 9.17) is 4.74 Å². The van der Waals surface area contributed by atoms with Crippen molar-refractivity contribution >= 4 is 17.5 Å². The molecule has 0 atom stereocenters. The molecule has 1 aliphatic carbocycles. The highest BCUT2D eigenvalue weighted by Crippen LogP contribution is 2.26. The van der Waals surface area contributed by atoms with Crippen molar-refractivity contribution in [3.05, 3.63) is 42.2 Å². The molecule has 0 aliphatic heterocycles. The topological polar surface area (TPSA) is 73.3 Å². The number of hydrogen-bond acceptors (Lipinski definition) is 6. The van der Waals surface area contributed by atoms with Crippen molar-refractivity contribution in [2.45, 2.75) is 18.9 Å². The maximum absolute atomic E-state index is 11.4. The zero-order chi connectivity index (χ0) is 14.7. The van der Waals surface area contributed by atoms with Gasteiger partial charge in [0.25, 0.3) is 0 Å². The summed E-state index contributed by atoms with van der Waals surface area (Å²) in [5.41, 5.74) is 1.32. The molecule has 0 amide bonds. The second-order valence-corrected chi connectivity index (χ2v) is 4.75. The quantitative estimate of drug-likeness (QED) is 0.851. The number of carbonyl (C=O) groups is 1. The molecule has 1 fully saturated rings. The third-order valence-electron chi connectivity index (χ3n) is 3.03. The maximum atomic E-state index is 11.4.